The highest BCUT2D eigenvalue weighted by Gasteiger charge is 2.07. The minimum absolute atomic E-state index is 0.604. The Morgan fingerprint density at radius 2 is 1.70 bits per heavy atom. The van der Waals surface area contributed by atoms with Gasteiger partial charge in [-0.2, -0.15) is 0 Å². The topological polar surface area (TPSA) is 37.8 Å². The molecule has 3 nitrogen and oxygen atoms in total. The molecule has 1 aromatic carbocycles. The maximum atomic E-state index is 6.05. The normalized spacial score (nSPS) is 10.6. The Kier molecular flexibility index (Phi) is 5.21. The zero-order valence-corrected chi connectivity index (χ0v) is 13.1. The molecule has 0 spiro atoms. The van der Waals surface area contributed by atoms with Crippen molar-refractivity contribution in [3.8, 4) is 11.3 Å². The predicted molar refractivity (Wildman–Crippen MR) is 85.6 cm³/mol. The lowest BCUT2D eigenvalue weighted by atomic mass is 10.1. The first-order chi connectivity index (χ1) is 9.62. The summed E-state index contributed by atoms with van der Waals surface area (Å²) in [7, 11) is 0. The zero-order chi connectivity index (χ0) is 14.5. The quantitative estimate of drug-likeness (QED) is 0.859. The monoisotopic (exact) mass is 309 g/mol. The average molecular weight is 310 g/mol. The van der Waals surface area contributed by atoms with Crippen molar-refractivity contribution in [2.24, 2.45) is 0 Å². The molecule has 1 heterocycles. The number of aromatic nitrogens is 2. The van der Waals surface area contributed by atoms with Crippen molar-refractivity contribution in [3.63, 3.8) is 0 Å². The number of rotatable bonds is 5. The van der Waals surface area contributed by atoms with Crippen LogP contribution in [0.25, 0.3) is 11.3 Å². The van der Waals surface area contributed by atoms with Gasteiger partial charge >= 0.3 is 0 Å². The van der Waals surface area contributed by atoms with Gasteiger partial charge in [0, 0.05) is 34.6 Å². The molecule has 0 amide bonds. The molecule has 5 heteroatoms. The standard InChI is InChI=1S/C15H17Cl2N3/c1-3-5-18-15-9-13(19-14(4-2)20-15)10-6-11(16)8-12(17)7-10/h6-9H,3-5H2,1-2H3,(H,18,19,20). The molecule has 1 aromatic heterocycles. The molecule has 20 heavy (non-hydrogen) atoms. The van der Waals surface area contributed by atoms with E-state index in [0.717, 1.165) is 42.3 Å². The molecule has 0 atom stereocenters. The summed E-state index contributed by atoms with van der Waals surface area (Å²) in [4.78, 5) is 9.02. The van der Waals surface area contributed by atoms with Crippen LogP contribution in [0.15, 0.2) is 24.3 Å². The number of anilines is 1. The lowest BCUT2D eigenvalue weighted by molar-refractivity contribution is 0.919. The third-order valence-electron chi connectivity index (χ3n) is 2.80. The van der Waals surface area contributed by atoms with Gasteiger partial charge in [0.25, 0.3) is 0 Å². The van der Waals surface area contributed by atoms with Crippen molar-refractivity contribution in [1.29, 1.82) is 0 Å². The molecule has 0 bridgehead atoms. The SMILES string of the molecule is CCCNc1cc(-c2cc(Cl)cc(Cl)c2)nc(CC)n1. The van der Waals surface area contributed by atoms with Gasteiger partial charge in [-0.15, -0.1) is 0 Å². The van der Waals surface area contributed by atoms with Crippen LogP contribution in [0.1, 0.15) is 26.1 Å². The van der Waals surface area contributed by atoms with Crippen LogP contribution in [-0.2, 0) is 6.42 Å². The molecular weight excluding hydrogens is 293 g/mol. The highest BCUT2D eigenvalue weighted by Crippen LogP contribution is 2.27. The van der Waals surface area contributed by atoms with Crippen LogP contribution in [-0.4, -0.2) is 16.5 Å². The summed E-state index contributed by atoms with van der Waals surface area (Å²) in [5.41, 5.74) is 1.74. The Morgan fingerprint density at radius 1 is 1.00 bits per heavy atom. The third kappa shape index (κ3) is 3.84. The molecule has 2 rings (SSSR count). The maximum Gasteiger partial charge on any atom is 0.131 e. The third-order valence-corrected chi connectivity index (χ3v) is 3.24. The summed E-state index contributed by atoms with van der Waals surface area (Å²) in [5.74, 6) is 1.64. The second-order valence-corrected chi connectivity index (χ2v) is 5.37. The van der Waals surface area contributed by atoms with Gasteiger partial charge < -0.3 is 5.32 Å². The molecule has 0 aliphatic heterocycles. The summed E-state index contributed by atoms with van der Waals surface area (Å²) in [6, 6.07) is 7.36. The first-order valence-electron chi connectivity index (χ1n) is 6.70. The van der Waals surface area contributed by atoms with E-state index in [-0.39, 0.29) is 0 Å². The fourth-order valence-electron chi connectivity index (χ4n) is 1.85. The van der Waals surface area contributed by atoms with Gasteiger partial charge in [-0.05, 0) is 24.6 Å². The number of nitrogens with one attached hydrogen (secondary N) is 1. The van der Waals surface area contributed by atoms with Crippen molar-refractivity contribution >= 4 is 29.0 Å². The molecular formula is C15H17Cl2N3. The van der Waals surface area contributed by atoms with Gasteiger partial charge in [0.1, 0.15) is 11.6 Å². The summed E-state index contributed by atoms with van der Waals surface area (Å²) in [6.45, 7) is 5.04. The van der Waals surface area contributed by atoms with E-state index in [9.17, 15) is 0 Å². The Hall–Kier alpha value is -1.32. The Balaban J connectivity index is 2.43. The van der Waals surface area contributed by atoms with E-state index in [1.807, 2.05) is 25.1 Å². The minimum atomic E-state index is 0.604. The fourth-order valence-corrected chi connectivity index (χ4v) is 2.37. The molecule has 0 unspecified atom stereocenters. The first kappa shape index (κ1) is 15.1. The van der Waals surface area contributed by atoms with Crippen molar-refractivity contribution in [2.45, 2.75) is 26.7 Å². The van der Waals surface area contributed by atoms with Crippen LogP contribution >= 0.6 is 23.2 Å². The van der Waals surface area contributed by atoms with E-state index < -0.39 is 0 Å². The van der Waals surface area contributed by atoms with Crippen LogP contribution < -0.4 is 5.32 Å². The number of hydrogen-bond donors (Lipinski definition) is 1. The predicted octanol–water partition coefficient (Wildman–Crippen LogP) is 4.83. The number of nitrogens with zero attached hydrogens (tertiary/aromatic N) is 2. The van der Waals surface area contributed by atoms with Crippen molar-refractivity contribution in [3.05, 3.63) is 40.1 Å². The summed E-state index contributed by atoms with van der Waals surface area (Å²) in [5, 5.41) is 4.50. The molecule has 0 aliphatic rings. The van der Waals surface area contributed by atoms with E-state index in [1.165, 1.54) is 0 Å². The molecule has 0 saturated carbocycles. The summed E-state index contributed by atoms with van der Waals surface area (Å²) in [6.07, 6.45) is 1.83. The van der Waals surface area contributed by atoms with Crippen LogP contribution in [0, 0.1) is 0 Å². The fraction of sp³-hybridized carbons (Fsp3) is 0.333. The van der Waals surface area contributed by atoms with Gasteiger partial charge in [0.05, 0.1) is 5.69 Å². The number of aryl methyl sites for hydroxylation is 1. The molecule has 106 valence electrons. The second-order valence-electron chi connectivity index (χ2n) is 4.49. The van der Waals surface area contributed by atoms with Gasteiger partial charge in [-0.1, -0.05) is 37.0 Å². The minimum Gasteiger partial charge on any atom is -0.370 e. The highest BCUT2D eigenvalue weighted by molar-refractivity contribution is 6.35. The smallest absolute Gasteiger partial charge is 0.131 e. The van der Waals surface area contributed by atoms with Gasteiger partial charge in [-0.25, -0.2) is 9.97 Å². The molecule has 0 radical (unpaired) electrons. The maximum absolute atomic E-state index is 6.05. The summed E-state index contributed by atoms with van der Waals surface area (Å²) < 4.78 is 0. The van der Waals surface area contributed by atoms with Gasteiger partial charge in [0.15, 0.2) is 0 Å². The highest BCUT2D eigenvalue weighted by atomic mass is 35.5. The average Bonchev–Trinajstić information content (AvgIpc) is 2.43. The van der Waals surface area contributed by atoms with E-state index in [4.69, 9.17) is 23.2 Å². The van der Waals surface area contributed by atoms with Gasteiger partial charge in [0.2, 0.25) is 0 Å². The summed E-state index contributed by atoms with van der Waals surface area (Å²) >= 11 is 12.1. The van der Waals surface area contributed by atoms with Crippen LogP contribution in [0.4, 0.5) is 5.82 Å². The number of hydrogen-bond acceptors (Lipinski definition) is 3. The first-order valence-corrected chi connectivity index (χ1v) is 7.46. The molecule has 0 saturated heterocycles. The Labute approximate surface area is 129 Å². The van der Waals surface area contributed by atoms with Crippen LogP contribution in [0.5, 0.6) is 0 Å². The Bertz CT molecular complexity index is 579. The van der Waals surface area contributed by atoms with E-state index >= 15 is 0 Å². The lowest BCUT2D eigenvalue weighted by Crippen LogP contribution is -2.05. The second kappa shape index (κ2) is 6.91. The number of halogens is 2. The molecule has 1 N–H and O–H groups in total. The van der Waals surface area contributed by atoms with Crippen LogP contribution in [0.3, 0.4) is 0 Å². The van der Waals surface area contributed by atoms with Crippen molar-refractivity contribution in [1.82, 2.24) is 9.97 Å². The number of benzene rings is 1. The van der Waals surface area contributed by atoms with E-state index in [2.05, 4.69) is 22.2 Å². The molecule has 0 fully saturated rings. The lowest BCUT2D eigenvalue weighted by Gasteiger charge is -2.09. The van der Waals surface area contributed by atoms with E-state index in [1.54, 1.807) is 6.07 Å². The van der Waals surface area contributed by atoms with Crippen LogP contribution in [0.2, 0.25) is 10.0 Å². The van der Waals surface area contributed by atoms with Crippen molar-refractivity contribution in [2.75, 3.05) is 11.9 Å². The van der Waals surface area contributed by atoms with E-state index in [0.29, 0.717) is 10.0 Å². The largest absolute Gasteiger partial charge is 0.370 e. The van der Waals surface area contributed by atoms with Crippen molar-refractivity contribution < 1.29 is 0 Å². The van der Waals surface area contributed by atoms with Gasteiger partial charge in [-0.3, -0.25) is 0 Å². The zero-order valence-electron chi connectivity index (χ0n) is 11.6. The molecule has 0 aliphatic carbocycles. The Morgan fingerprint density at radius 3 is 2.30 bits per heavy atom. The molecule has 2 aromatic rings.